The van der Waals surface area contributed by atoms with E-state index in [1.165, 1.54) is 19.3 Å². The molecular weight excluding hydrogens is 490 g/mol. The van der Waals surface area contributed by atoms with Gasteiger partial charge in [0.15, 0.2) is 5.69 Å². The lowest BCUT2D eigenvalue weighted by Gasteiger charge is -2.62. The van der Waals surface area contributed by atoms with E-state index < -0.39 is 0 Å². The second-order valence-electron chi connectivity index (χ2n) is 13.9. The number of carbonyl (C=O) groups is 1. The molecule has 0 radical (unpaired) electrons. The van der Waals surface area contributed by atoms with Crippen LogP contribution in [0.15, 0.2) is 34.5 Å². The van der Waals surface area contributed by atoms with E-state index >= 15 is 0 Å². The van der Waals surface area contributed by atoms with Gasteiger partial charge in [-0.2, -0.15) is 0 Å². The lowest BCUT2D eigenvalue weighted by molar-refractivity contribution is -0.174. The van der Waals surface area contributed by atoms with Crippen molar-refractivity contribution in [1.29, 1.82) is 0 Å². The van der Waals surface area contributed by atoms with Crippen molar-refractivity contribution in [1.82, 2.24) is 4.98 Å². The Balaban J connectivity index is 1.11. The standard InChI is InChI=1S/C32H45N3O4/c1-18(8-11-27(38)34-35-29-21-6-4-5-7-25(21)33-30(29)39)22-9-10-23-28-24(13-15-32(22,23)3)31(2)14-12-20(36)16-19(31)17-26(28)37/h4-7,18-20,22-24,26,28,33,36-37,39H,8-17H2,1-3H3/t18-,19-,20-,22+,23-,24+,26-,28-,31-,32-/m1/s1. The molecule has 0 saturated heterocycles. The van der Waals surface area contributed by atoms with Gasteiger partial charge in [0.25, 0.3) is 5.91 Å². The fourth-order valence-corrected chi connectivity index (χ4v) is 10.1. The molecule has 4 aliphatic rings. The van der Waals surface area contributed by atoms with E-state index in [1.807, 2.05) is 24.3 Å². The second-order valence-corrected chi connectivity index (χ2v) is 13.9. The summed E-state index contributed by atoms with van der Waals surface area (Å²) in [5, 5.41) is 40.8. The van der Waals surface area contributed by atoms with Gasteiger partial charge in [-0.25, -0.2) is 0 Å². The van der Waals surface area contributed by atoms with E-state index in [-0.39, 0.29) is 34.8 Å². The van der Waals surface area contributed by atoms with Crippen LogP contribution in [-0.2, 0) is 4.79 Å². The highest BCUT2D eigenvalue weighted by atomic mass is 16.3. The highest BCUT2D eigenvalue weighted by Gasteiger charge is 2.62. The highest BCUT2D eigenvalue weighted by molar-refractivity contribution is 5.94. The number of nitrogens with one attached hydrogen (secondary N) is 1. The Morgan fingerprint density at radius 3 is 2.62 bits per heavy atom. The van der Waals surface area contributed by atoms with Gasteiger partial charge in [0, 0.05) is 11.8 Å². The number of hydrogen-bond acceptors (Lipinski definition) is 5. The molecule has 4 saturated carbocycles. The summed E-state index contributed by atoms with van der Waals surface area (Å²) in [6, 6.07) is 7.44. The van der Waals surface area contributed by atoms with E-state index in [0.717, 1.165) is 49.4 Å². The van der Waals surface area contributed by atoms with Gasteiger partial charge in [0.1, 0.15) is 0 Å². The summed E-state index contributed by atoms with van der Waals surface area (Å²) in [6.07, 6.45) is 9.03. The van der Waals surface area contributed by atoms with Crippen molar-refractivity contribution in [3.63, 3.8) is 0 Å². The summed E-state index contributed by atoms with van der Waals surface area (Å²) in [6.45, 7) is 7.22. The minimum absolute atomic E-state index is 0.0730. The first kappa shape index (κ1) is 26.9. The van der Waals surface area contributed by atoms with Crippen LogP contribution in [0.3, 0.4) is 0 Å². The molecule has 4 aliphatic carbocycles. The number of aromatic nitrogens is 1. The van der Waals surface area contributed by atoms with Gasteiger partial charge in [0.2, 0.25) is 5.88 Å². The van der Waals surface area contributed by atoms with Gasteiger partial charge in [-0.05, 0) is 110 Å². The lowest BCUT2D eigenvalue weighted by Crippen LogP contribution is -2.58. The van der Waals surface area contributed by atoms with Crippen molar-refractivity contribution in [2.24, 2.45) is 56.6 Å². The lowest BCUT2D eigenvalue weighted by atomic mass is 9.43. The van der Waals surface area contributed by atoms with Crippen LogP contribution in [0, 0.1) is 46.3 Å². The molecule has 0 bridgehead atoms. The van der Waals surface area contributed by atoms with Crippen LogP contribution in [0.2, 0.25) is 0 Å². The van der Waals surface area contributed by atoms with E-state index in [0.29, 0.717) is 47.6 Å². The van der Waals surface area contributed by atoms with Crippen LogP contribution in [0.4, 0.5) is 5.69 Å². The molecule has 6 rings (SSSR count). The number of carbonyl (C=O) groups excluding carboxylic acids is 1. The first-order valence-corrected chi connectivity index (χ1v) is 15.2. The zero-order valence-corrected chi connectivity index (χ0v) is 23.6. The largest absolute Gasteiger partial charge is 0.493 e. The van der Waals surface area contributed by atoms with Gasteiger partial charge < -0.3 is 20.3 Å². The number of nitrogens with zero attached hydrogens (tertiary/aromatic N) is 2. The summed E-state index contributed by atoms with van der Waals surface area (Å²) in [5.41, 5.74) is 1.51. The van der Waals surface area contributed by atoms with Gasteiger partial charge in [0.05, 0.1) is 17.7 Å². The molecule has 39 heavy (non-hydrogen) atoms. The molecule has 2 aromatic rings. The Morgan fingerprint density at radius 2 is 1.79 bits per heavy atom. The number of aliphatic hydroxyl groups is 2. The Kier molecular flexibility index (Phi) is 6.90. The van der Waals surface area contributed by atoms with Crippen LogP contribution in [-0.4, -0.2) is 38.4 Å². The Morgan fingerprint density at radius 1 is 1.05 bits per heavy atom. The Labute approximate surface area is 231 Å². The molecule has 4 N–H and O–H groups in total. The van der Waals surface area contributed by atoms with Crippen LogP contribution in [0.25, 0.3) is 10.9 Å². The third-order valence-corrected chi connectivity index (χ3v) is 12.2. The maximum atomic E-state index is 12.7. The minimum Gasteiger partial charge on any atom is -0.493 e. The number of azo groups is 1. The predicted molar refractivity (Wildman–Crippen MR) is 150 cm³/mol. The molecule has 7 heteroatoms. The van der Waals surface area contributed by atoms with Gasteiger partial charge in [-0.1, -0.05) is 39.0 Å². The fourth-order valence-electron chi connectivity index (χ4n) is 10.1. The average Bonchev–Trinajstić information content (AvgIpc) is 3.42. The maximum absolute atomic E-state index is 12.7. The molecule has 1 amide bonds. The van der Waals surface area contributed by atoms with Crippen molar-refractivity contribution in [3.8, 4) is 5.88 Å². The molecule has 10 atom stereocenters. The number of para-hydroxylation sites is 1. The summed E-state index contributed by atoms with van der Waals surface area (Å²) in [7, 11) is 0. The quantitative estimate of drug-likeness (QED) is 0.312. The number of aromatic hydroxyl groups is 1. The number of H-pyrrole nitrogens is 1. The number of hydrogen-bond donors (Lipinski definition) is 4. The van der Waals surface area contributed by atoms with E-state index in [4.69, 9.17) is 0 Å². The first-order valence-electron chi connectivity index (χ1n) is 15.2. The smallest absolute Gasteiger partial charge is 0.264 e. The molecule has 4 fully saturated rings. The number of aromatic amines is 1. The number of benzene rings is 1. The number of aliphatic hydroxyl groups excluding tert-OH is 2. The highest BCUT2D eigenvalue weighted by Crippen LogP contribution is 2.68. The molecule has 1 aromatic carbocycles. The molecule has 0 unspecified atom stereocenters. The predicted octanol–water partition coefficient (Wildman–Crippen LogP) is 6.89. The molecular formula is C32H45N3O4. The molecule has 0 aliphatic heterocycles. The van der Waals surface area contributed by atoms with Crippen molar-refractivity contribution < 1.29 is 20.1 Å². The van der Waals surface area contributed by atoms with Gasteiger partial charge in [-0.3, -0.25) is 4.79 Å². The molecule has 0 spiro atoms. The monoisotopic (exact) mass is 535 g/mol. The maximum Gasteiger partial charge on any atom is 0.264 e. The average molecular weight is 536 g/mol. The summed E-state index contributed by atoms with van der Waals surface area (Å²) in [5.74, 6) is 2.48. The van der Waals surface area contributed by atoms with Crippen molar-refractivity contribution in [2.45, 2.75) is 97.2 Å². The van der Waals surface area contributed by atoms with E-state index in [1.54, 1.807) is 0 Å². The number of rotatable bonds is 5. The SMILES string of the molecule is C[C@H](CCC(=O)N=Nc1c(O)[nH]c2ccccc12)[C@@H]1CC[C@@H]2[C@H]3[C@H](O)C[C@H]4C[C@H](O)CC[C@@]4(C)[C@H]3CC[C@@]21C. The second kappa shape index (κ2) is 9.99. The topological polar surface area (TPSA) is 118 Å². The van der Waals surface area contributed by atoms with Crippen LogP contribution in [0.1, 0.15) is 85.0 Å². The van der Waals surface area contributed by atoms with Crippen LogP contribution < -0.4 is 0 Å². The van der Waals surface area contributed by atoms with Crippen molar-refractivity contribution in [2.75, 3.05) is 0 Å². The molecule has 212 valence electrons. The first-order chi connectivity index (χ1) is 18.6. The molecule has 1 heterocycles. The summed E-state index contributed by atoms with van der Waals surface area (Å²) in [4.78, 5) is 15.6. The zero-order chi connectivity index (χ0) is 27.5. The number of fused-ring (bicyclic) bond motifs is 6. The van der Waals surface area contributed by atoms with Crippen molar-refractivity contribution >= 4 is 22.5 Å². The van der Waals surface area contributed by atoms with Gasteiger partial charge in [-0.15, -0.1) is 10.2 Å². The van der Waals surface area contributed by atoms with Crippen molar-refractivity contribution in [3.05, 3.63) is 24.3 Å². The van der Waals surface area contributed by atoms with E-state index in [2.05, 4.69) is 36.0 Å². The normalized spacial score (nSPS) is 40.8. The third kappa shape index (κ3) is 4.44. The fraction of sp³-hybridized carbons (Fsp3) is 0.719. The Hall–Kier alpha value is -2.25. The molecule has 1 aromatic heterocycles. The van der Waals surface area contributed by atoms with Crippen LogP contribution in [0.5, 0.6) is 5.88 Å². The molecule has 7 nitrogen and oxygen atoms in total. The number of amides is 1. The third-order valence-electron chi connectivity index (χ3n) is 12.2. The zero-order valence-electron chi connectivity index (χ0n) is 23.6. The van der Waals surface area contributed by atoms with Crippen LogP contribution >= 0.6 is 0 Å². The van der Waals surface area contributed by atoms with E-state index in [9.17, 15) is 20.1 Å². The minimum atomic E-state index is -0.264. The summed E-state index contributed by atoms with van der Waals surface area (Å²) >= 11 is 0. The Bertz CT molecular complexity index is 1260. The summed E-state index contributed by atoms with van der Waals surface area (Å²) < 4.78 is 0. The van der Waals surface area contributed by atoms with Gasteiger partial charge >= 0.3 is 0 Å².